The van der Waals surface area contributed by atoms with Crippen LogP contribution in [0.15, 0.2) is 12.3 Å². The smallest absolute Gasteiger partial charge is 0.253 e. The van der Waals surface area contributed by atoms with Gasteiger partial charge in [-0.25, -0.2) is 4.98 Å². The third-order valence-electron chi connectivity index (χ3n) is 3.96. The summed E-state index contributed by atoms with van der Waals surface area (Å²) in [5.41, 5.74) is 6.55. The van der Waals surface area contributed by atoms with E-state index in [0.29, 0.717) is 17.8 Å². The Morgan fingerprint density at radius 3 is 2.79 bits per heavy atom. The van der Waals surface area contributed by atoms with Crippen LogP contribution in [0.5, 0.6) is 0 Å². The fourth-order valence-corrected chi connectivity index (χ4v) is 2.50. The minimum atomic E-state index is -0.199. The molecule has 1 heterocycles. The first kappa shape index (κ1) is 14.1. The summed E-state index contributed by atoms with van der Waals surface area (Å²) in [6.45, 7) is 0.623. The maximum absolute atomic E-state index is 12.1. The van der Waals surface area contributed by atoms with Gasteiger partial charge in [0.15, 0.2) is 0 Å². The third kappa shape index (κ3) is 2.82. The number of aromatic nitrogens is 1. The second-order valence-electron chi connectivity index (χ2n) is 5.25. The largest absolute Gasteiger partial charge is 0.397 e. The van der Waals surface area contributed by atoms with Gasteiger partial charge in [-0.15, -0.1) is 0 Å². The highest BCUT2D eigenvalue weighted by Gasteiger charge is 2.39. The molecular weight excluding hydrogens is 264 g/mol. The number of likely N-dealkylation sites (N-methyl/N-ethyl adjacent to an activating group) is 1. The molecule has 6 heteroatoms. The fraction of sp³-hybridized carbons (Fsp3) is 0.538. The Labute approximate surface area is 118 Å². The molecule has 1 aliphatic carbocycles. The quantitative estimate of drug-likeness (QED) is 0.822. The van der Waals surface area contributed by atoms with Gasteiger partial charge in [-0.2, -0.15) is 0 Å². The number of anilines is 1. The number of nitrogen functional groups attached to an aromatic ring is 1. The zero-order chi connectivity index (χ0) is 14.0. The molecule has 0 aromatic carbocycles. The normalized spacial score (nSPS) is 17.1. The molecule has 0 bridgehead atoms. The van der Waals surface area contributed by atoms with Crippen LogP contribution in [-0.2, 0) is 0 Å². The van der Waals surface area contributed by atoms with E-state index in [9.17, 15) is 4.79 Å². The molecular formula is C13H19ClN4O. The number of rotatable bonds is 4. The second kappa shape index (κ2) is 5.35. The average molecular weight is 283 g/mol. The average Bonchev–Trinajstić information content (AvgIpc) is 2.30. The van der Waals surface area contributed by atoms with E-state index in [1.807, 2.05) is 14.1 Å². The number of hydrogen-bond acceptors (Lipinski definition) is 4. The first-order valence-corrected chi connectivity index (χ1v) is 6.69. The SMILES string of the molecule is CN(C)C1(CNC(=O)c2cc(Cl)ncc2N)CCC1. The van der Waals surface area contributed by atoms with Crippen LogP contribution in [0.25, 0.3) is 0 Å². The Balaban J connectivity index is 2.03. The van der Waals surface area contributed by atoms with E-state index >= 15 is 0 Å². The van der Waals surface area contributed by atoms with Crippen molar-refractivity contribution in [2.75, 3.05) is 26.4 Å². The molecule has 19 heavy (non-hydrogen) atoms. The summed E-state index contributed by atoms with van der Waals surface area (Å²) in [7, 11) is 4.09. The third-order valence-corrected chi connectivity index (χ3v) is 4.16. The minimum Gasteiger partial charge on any atom is -0.397 e. The predicted molar refractivity (Wildman–Crippen MR) is 76.3 cm³/mol. The summed E-state index contributed by atoms with van der Waals surface area (Å²) < 4.78 is 0. The Kier molecular flexibility index (Phi) is 3.96. The molecule has 3 N–H and O–H groups in total. The van der Waals surface area contributed by atoms with Crippen LogP contribution < -0.4 is 11.1 Å². The molecule has 1 aromatic heterocycles. The molecule has 0 radical (unpaired) electrons. The van der Waals surface area contributed by atoms with Gasteiger partial charge < -0.3 is 16.0 Å². The van der Waals surface area contributed by atoms with Gasteiger partial charge in [-0.1, -0.05) is 11.6 Å². The van der Waals surface area contributed by atoms with Crippen LogP contribution in [0, 0.1) is 0 Å². The van der Waals surface area contributed by atoms with Gasteiger partial charge in [0.05, 0.1) is 17.4 Å². The molecule has 5 nitrogen and oxygen atoms in total. The zero-order valence-electron chi connectivity index (χ0n) is 11.2. The highest BCUT2D eigenvalue weighted by atomic mass is 35.5. The number of pyridine rings is 1. The Bertz CT molecular complexity index is 486. The number of amides is 1. The van der Waals surface area contributed by atoms with Crippen LogP contribution in [0.1, 0.15) is 29.6 Å². The molecule has 1 aromatic rings. The summed E-state index contributed by atoms with van der Waals surface area (Å²) in [5.74, 6) is -0.199. The number of nitrogens with two attached hydrogens (primary N) is 1. The lowest BCUT2D eigenvalue weighted by Gasteiger charge is -2.47. The molecule has 0 aliphatic heterocycles. The van der Waals surface area contributed by atoms with Crippen molar-refractivity contribution in [3.8, 4) is 0 Å². The molecule has 0 saturated heterocycles. The van der Waals surface area contributed by atoms with E-state index in [-0.39, 0.29) is 16.6 Å². The summed E-state index contributed by atoms with van der Waals surface area (Å²) in [5, 5.41) is 3.21. The topological polar surface area (TPSA) is 71.2 Å². The molecule has 0 atom stereocenters. The highest BCUT2D eigenvalue weighted by Crippen LogP contribution is 2.35. The molecule has 1 fully saturated rings. The lowest BCUT2D eigenvalue weighted by atomic mass is 9.75. The van der Waals surface area contributed by atoms with Crippen LogP contribution >= 0.6 is 11.6 Å². The van der Waals surface area contributed by atoms with Crippen molar-refractivity contribution >= 4 is 23.2 Å². The van der Waals surface area contributed by atoms with Crippen molar-refractivity contribution in [3.63, 3.8) is 0 Å². The lowest BCUT2D eigenvalue weighted by Crippen LogP contribution is -2.57. The maximum atomic E-state index is 12.1. The maximum Gasteiger partial charge on any atom is 0.253 e. The molecule has 0 unspecified atom stereocenters. The van der Waals surface area contributed by atoms with Gasteiger partial charge in [0.25, 0.3) is 5.91 Å². The summed E-state index contributed by atoms with van der Waals surface area (Å²) in [6, 6.07) is 1.50. The number of halogens is 1. The van der Waals surface area contributed by atoms with E-state index in [1.165, 1.54) is 18.7 Å². The van der Waals surface area contributed by atoms with Gasteiger partial charge in [0.1, 0.15) is 5.15 Å². The number of hydrogen-bond donors (Lipinski definition) is 2. The molecule has 2 rings (SSSR count). The summed E-state index contributed by atoms with van der Waals surface area (Å²) >= 11 is 5.78. The molecule has 1 saturated carbocycles. The summed E-state index contributed by atoms with van der Waals surface area (Å²) in [6.07, 6.45) is 4.82. The van der Waals surface area contributed by atoms with Crippen molar-refractivity contribution in [3.05, 3.63) is 23.0 Å². The van der Waals surface area contributed by atoms with Crippen LogP contribution in [-0.4, -0.2) is 42.0 Å². The van der Waals surface area contributed by atoms with Crippen LogP contribution in [0.4, 0.5) is 5.69 Å². The Morgan fingerprint density at radius 1 is 1.58 bits per heavy atom. The Hall–Kier alpha value is -1.33. The van der Waals surface area contributed by atoms with Gasteiger partial charge in [0, 0.05) is 12.1 Å². The van der Waals surface area contributed by atoms with Crippen molar-refractivity contribution in [2.24, 2.45) is 0 Å². The first-order valence-electron chi connectivity index (χ1n) is 6.31. The van der Waals surface area contributed by atoms with E-state index in [4.69, 9.17) is 17.3 Å². The van der Waals surface area contributed by atoms with E-state index in [0.717, 1.165) is 12.8 Å². The van der Waals surface area contributed by atoms with E-state index in [2.05, 4.69) is 15.2 Å². The standard InChI is InChI=1S/C13H19ClN4O/c1-18(2)13(4-3-5-13)8-17-12(19)9-6-11(14)16-7-10(9)15/h6-7H,3-5,8,15H2,1-2H3,(H,17,19). The lowest BCUT2D eigenvalue weighted by molar-refractivity contribution is 0.0558. The van der Waals surface area contributed by atoms with Crippen molar-refractivity contribution in [2.45, 2.75) is 24.8 Å². The summed E-state index contributed by atoms with van der Waals surface area (Å²) in [4.78, 5) is 18.1. The second-order valence-corrected chi connectivity index (χ2v) is 5.64. The first-order chi connectivity index (χ1) is 8.94. The number of nitrogens with one attached hydrogen (secondary N) is 1. The van der Waals surface area contributed by atoms with Gasteiger partial charge in [0.2, 0.25) is 0 Å². The number of carbonyl (C=O) groups is 1. The van der Waals surface area contributed by atoms with Crippen molar-refractivity contribution in [1.29, 1.82) is 0 Å². The molecule has 1 aliphatic rings. The fourth-order valence-electron chi connectivity index (χ4n) is 2.34. The number of nitrogens with zero attached hydrogens (tertiary/aromatic N) is 2. The molecule has 1 amide bonds. The van der Waals surface area contributed by atoms with Crippen molar-refractivity contribution < 1.29 is 4.79 Å². The molecule has 104 valence electrons. The predicted octanol–water partition coefficient (Wildman–Crippen LogP) is 1.53. The Morgan fingerprint density at radius 2 is 2.26 bits per heavy atom. The van der Waals surface area contributed by atoms with E-state index in [1.54, 1.807) is 0 Å². The highest BCUT2D eigenvalue weighted by molar-refractivity contribution is 6.29. The minimum absolute atomic E-state index is 0.0846. The van der Waals surface area contributed by atoms with Gasteiger partial charge >= 0.3 is 0 Å². The van der Waals surface area contributed by atoms with E-state index < -0.39 is 0 Å². The van der Waals surface area contributed by atoms with Crippen LogP contribution in [0.2, 0.25) is 5.15 Å². The zero-order valence-corrected chi connectivity index (χ0v) is 12.0. The monoisotopic (exact) mass is 282 g/mol. The van der Waals surface area contributed by atoms with Crippen LogP contribution in [0.3, 0.4) is 0 Å². The molecule has 0 spiro atoms. The van der Waals surface area contributed by atoms with Gasteiger partial charge in [-0.3, -0.25) is 4.79 Å². The number of carbonyl (C=O) groups excluding carboxylic acids is 1. The van der Waals surface area contributed by atoms with Gasteiger partial charge in [-0.05, 0) is 39.4 Å². The van der Waals surface area contributed by atoms with Crippen molar-refractivity contribution in [1.82, 2.24) is 15.2 Å².